The summed E-state index contributed by atoms with van der Waals surface area (Å²) in [5.74, 6) is -1.28. The number of carbonyl (C=O) groups is 2. The number of hydrogen-bond donors (Lipinski definition) is 2. The molecule has 7 heteroatoms. The molecule has 21 heavy (non-hydrogen) atoms. The van der Waals surface area contributed by atoms with E-state index in [1.165, 1.54) is 11.3 Å². The number of hydrogen-bond acceptors (Lipinski definition) is 5. The number of nitrogens with one attached hydrogen (secondary N) is 1. The number of thiophene rings is 1. The van der Waals surface area contributed by atoms with E-state index >= 15 is 0 Å². The molecule has 2 rings (SSSR count). The summed E-state index contributed by atoms with van der Waals surface area (Å²) in [6.07, 6.45) is 0.391. The molecule has 2 N–H and O–H groups in total. The molecule has 2 heterocycles. The average molecular weight is 324 g/mol. The summed E-state index contributed by atoms with van der Waals surface area (Å²) in [6.45, 7) is 3.83. The van der Waals surface area contributed by atoms with Gasteiger partial charge in [-0.25, -0.2) is 9.78 Å². The first-order valence-electron chi connectivity index (χ1n) is 6.49. The maximum Gasteiger partial charge on any atom is 0.326 e. The third kappa shape index (κ3) is 4.12. The van der Waals surface area contributed by atoms with Crippen LogP contribution in [0.2, 0.25) is 0 Å². The van der Waals surface area contributed by atoms with Gasteiger partial charge < -0.3 is 10.4 Å². The SMILES string of the molecule is CC(C)C[C@@H](NC(=O)c1csc(-c2ccsc2)n1)C(=O)O. The quantitative estimate of drug-likeness (QED) is 0.856. The largest absolute Gasteiger partial charge is 0.480 e. The van der Waals surface area contributed by atoms with Crippen LogP contribution in [0.4, 0.5) is 0 Å². The number of carboxylic acid groups (broad SMARTS) is 1. The number of carboxylic acids is 1. The van der Waals surface area contributed by atoms with Crippen molar-refractivity contribution in [2.45, 2.75) is 26.3 Å². The number of rotatable bonds is 6. The first-order chi connectivity index (χ1) is 9.97. The number of carbonyl (C=O) groups excluding carboxylic acids is 1. The van der Waals surface area contributed by atoms with Crippen LogP contribution >= 0.6 is 22.7 Å². The fourth-order valence-electron chi connectivity index (χ4n) is 1.82. The lowest BCUT2D eigenvalue weighted by atomic mass is 10.0. The van der Waals surface area contributed by atoms with Gasteiger partial charge in [0.2, 0.25) is 0 Å². The van der Waals surface area contributed by atoms with Gasteiger partial charge in [0.05, 0.1) is 0 Å². The average Bonchev–Trinajstić information content (AvgIpc) is 3.08. The summed E-state index contributed by atoms with van der Waals surface area (Å²) >= 11 is 2.93. The highest BCUT2D eigenvalue weighted by atomic mass is 32.1. The Morgan fingerprint density at radius 1 is 1.38 bits per heavy atom. The lowest BCUT2D eigenvalue weighted by Crippen LogP contribution is -2.41. The van der Waals surface area contributed by atoms with E-state index in [9.17, 15) is 9.59 Å². The van der Waals surface area contributed by atoms with E-state index in [1.54, 1.807) is 16.7 Å². The van der Waals surface area contributed by atoms with Gasteiger partial charge in [-0.3, -0.25) is 4.79 Å². The van der Waals surface area contributed by atoms with Gasteiger partial charge in [-0.1, -0.05) is 13.8 Å². The topological polar surface area (TPSA) is 79.3 Å². The van der Waals surface area contributed by atoms with E-state index in [4.69, 9.17) is 5.11 Å². The lowest BCUT2D eigenvalue weighted by molar-refractivity contribution is -0.139. The van der Waals surface area contributed by atoms with Crippen LogP contribution in [0.1, 0.15) is 30.8 Å². The van der Waals surface area contributed by atoms with E-state index < -0.39 is 17.9 Å². The Kier molecular flexibility index (Phi) is 5.08. The third-order valence-corrected chi connectivity index (χ3v) is 4.39. The highest BCUT2D eigenvalue weighted by Crippen LogP contribution is 2.25. The standard InChI is InChI=1S/C14H16N2O3S2/c1-8(2)5-10(14(18)19)15-12(17)11-7-21-13(16-11)9-3-4-20-6-9/h3-4,6-8,10H,5H2,1-2H3,(H,15,17)(H,18,19)/t10-/m1/s1. The molecule has 1 atom stereocenters. The molecule has 0 aliphatic carbocycles. The third-order valence-electron chi connectivity index (χ3n) is 2.82. The van der Waals surface area contributed by atoms with Crippen LogP contribution in [0.25, 0.3) is 10.6 Å². The molecule has 0 aliphatic rings. The van der Waals surface area contributed by atoms with Crippen LogP contribution in [-0.2, 0) is 4.79 Å². The molecule has 2 aromatic heterocycles. The zero-order valence-electron chi connectivity index (χ0n) is 11.7. The number of aliphatic carboxylic acids is 1. The number of nitrogens with zero attached hydrogens (tertiary/aromatic N) is 1. The van der Waals surface area contributed by atoms with Crippen molar-refractivity contribution in [1.29, 1.82) is 0 Å². The smallest absolute Gasteiger partial charge is 0.326 e. The van der Waals surface area contributed by atoms with Crippen LogP contribution in [0.5, 0.6) is 0 Å². The van der Waals surface area contributed by atoms with E-state index in [2.05, 4.69) is 10.3 Å². The molecular weight excluding hydrogens is 308 g/mol. The summed E-state index contributed by atoms with van der Waals surface area (Å²) in [4.78, 5) is 27.5. The van der Waals surface area contributed by atoms with Crippen molar-refractivity contribution in [1.82, 2.24) is 10.3 Å². The molecule has 0 saturated heterocycles. The van der Waals surface area contributed by atoms with E-state index in [1.807, 2.05) is 30.7 Å². The predicted molar refractivity (Wildman–Crippen MR) is 83.8 cm³/mol. The molecule has 5 nitrogen and oxygen atoms in total. The molecule has 0 unspecified atom stereocenters. The zero-order chi connectivity index (χ0) is 15.4. The second-order valence-corrected chi connectivity index (χ2v) is 6.68. The van der Waals surface area contributed by atoms with Crippen LogP contribution in [0.3, 0.4) is 0 Å². The van der Waals surface area contributed by atoms with Crippen molar-refractivity contribution < 1.29 is 14.7 Å². The highest BCUT2D eigenvalue weighted by Gasteiger charge is 2.23. The summed E-state index contributed by atoms with van der Waals surface area (Å²) in [5, 5.41) is 18.0. The van der Waals surface area contributed by atoms with Crippen molar-refractivity contribution >= 4 is 34.6 Å². The maximum atomic E-state index is 12.1. The van der Waals surface area contributed by atoms with Crippen molar-refractivity contribution in [3.8, 4) is 10.6 Å². The Bertz CT molecular complexity index is 620. The van der Waals surface area contributed by atoms with Gasteiger partial charge in [0.1, 0.15) is 16.7 Å². The number of aromatic nitrogens is 1. The minimum atomic E-state index is -1.02. The second-order valence-electron chi connectivity index (χ2n) is 5.04. The van der Waals surface area contributed by atoms with Crippen LogP contribution < -0.4 is 5.32 Å². The summed E-state index contributed by atoms with van der Waals surface area (Å²) in [6, 6.07) is 1.05. The van der Waals surface area contributed by atoms with Gasteiger partial charge in [-0.2, -0.15) is 11.3 Å². The molecule has 0 spiro atoms. The van der Waals surface area contributed by atoms with Gasteiger partial charge in [-0.15, -0.1) is 11.3 Å². The van der Waals surface area contributed by atoms with E-state index in [0.29, 0.717) is 6.42 Å². The first-order valence-corrected chi connectivity index (χ1v) is 8.31. The molecule has 0 fully saturated rings. The number of amides is 1. The molecule has 1 amide bonds. The minimum absolute atomic E-state index is 0.184. The normalized spacial score (nSPS) is 12.3. The monoisotopic (exact) mass is 324 g/mol. The molecule has 112 valence electrons. The summed E-state index contributed by atoms with van der Waals surface area (Å²) in [5.41, 5.74) is 1.23. The fraction of sp³-hybridized carbons (Fsp3) is 0.357. The van der Waals surface area contributed by atoms with Crippen LogP contribution in [-0.4, -0.2) is 28.0 Å². The number of thiazole rings is 1. The van der Waals surface area contributed by atoms with Crippen LogP contribution in [0.15, 0.2) is 22.2 Å². The molecule has 0 aliphatic heterocycles. The van der Waals surface area contributed by atoms with Gasteiger partial charge >= 0.3 is 5.97 Å². The molecule has 0 bridgehead atoms. The van der Waals surface area contributed by atoms with Crippen molar-refractivity contribution in [3.05, 3.63) is 27.9 Å². The lowest BCUT2D eigenvalue weighted by Gasteiger charge is -2.15. The summed E-state index contributed by atoms with van der Waals surface area (Å²) < 4.78 is 0. The first kappa shape index (κ1) is 15.7. The zero-order valence-corrected chi connectivity index (χ0v) is 13.3. The van der Waals surface area contributed by atoms with E-state index in [-0.39, 0.29) is 11.6 Å². The second kappa shape index (κ2) is 6.82. The Morgan fingerprint density at radius 2 is 2.14 bits per heavy atom. The van der Waals surface area contributed by atoms with Crippen molar-refractivity contribution in [2.75, 3.05) is 0 Å². The summed E-state index contributed by atoms with van der Waals surface area (Å²) in [7, 11) is 0. The Hall–Kier alpha value is -1.73. The van der Waals surface area contributed by atoms with Crippen molar-refractivity contribution in [2.24, 2.45) is 5.92 Å². The molecule has 0 saturated carbocycles. The Morgan fingerprint density at radius 3 is 2.71 bits per heavy atom. The minimum Gasteiger partial charge on any atom is -0.480 e. The Labute approximate surface area is 130 Å². The maximum absolute atomic E-state index is 12.1. The van der Waals surface area contributed by atoms with Crippen LogP contribution in [0, 0.1) is 5.92 Å². The molecular formula is C14H16N2O3S2. The van der Waals surface area contributed by atoms with Gasteiger partial charge in [0, 0.05) is 16.3 Å². The molecule has 2 aromatic rings. The Balaban J connectivity index is 2.07. The van der Waals surface area contributed by atoms with Gasteiger partial charge in [-0.05, 0) is 23.8 Å². The molecule has 0 aromatic carbocycles. The van der Waals surface area contributed by atoms with Crippen molar-refractivity contribution in [3.63, 3.8) is 0 Å². The molecule has 0 radical (unpaired) electrons. The van der Waals surface area contributed by atoms with E-state index in [0.717, 1.165) is 10.6 Å². The highest BCUT2D eigenvalue weighted by molar-refractivity contribution is 7.14. The van der Waals surface area contributed by atoms with Gasteiger partial charge in [0.25, 0.3) is 5.91 Å². The van der Waals surface area contributed by atoms with Gasteiger partial charge in [0.15, 0.2) is 0 Å². The predicted octanol–water partition coefficient (Wildman–Crippen LogP) is 3.10. The fourth-order valence-corrected chi connectivity index (χ4v) is 3.33.